The summed E-state index contributed by atoms with van der Waals surface area (Å²) in [5.74, 6) is 3.40. The van der Waals surface area contributed by atoms with E-state index in [0.29, 0.717) is 11.8 Å². The third-order valence-electron chi connectivity index (χ3n) is 4.71. The Morgan fingerprint density at radius 3 is 2.38 bits per heavy atom. The molecule has 0 radical (unpaired) electrons. The molecular formula is C17H28N2O2. The molecule has 1 aliphatic carbocycles. The fourth-order valence-corrected chi connectivity index (χ4v) is 2.95. The standard InChI is InChI=1S/C17H28N2O2/c1-11(2)12-6-8-13(9-7-12)16-18-15(21-19-16)10-14(20)17(3,4)5/h11-13H,6-10H2,1-5H3. The van der Waals surface area contributed by atoms with Gasteiger partial charge in [-0.2, -0.15) is 4.98 Å². The molecule has 4 heteroatoms. The molecule has 118 valence electrons. The molecule has 0 aliphatic heterocycles. The summed E-state index contributed by atoms with van der Waals surface area (Å²) in [6.45, 7) is 10.4. The predicted octanol–water partition coefficient (Wildman–Crippen LogP) is 4.16. The zero-order valence-corrected chi connectivity index (χ0v) is 14.0. The van der Waals surface area contributed by atoms with Crippen molar-refractivity contribution in [3.63, 3.8) is 0 Å². The van der Waals surface area contributed by atoms with Crippen LogP contribution in [0.2, 0.25) is 0 Å². The maximum atomic E-state index is 12.0. The number of Topliss-reactive ketones (excluding diaryl/α,β-unsaturated/α-hetero) is 1. The number of ketones is 1. The van der Waals surface area contributed by atoms with Crippen molar-refractivity contribution in [1.29, 1.82) is 0 Å². The van der Waals surface area contributed by atoms with Crippen LogP contribution in [-0.2, 0) is 11.2 Å². The van der Waals surface area contributed by atoms with Crippen LogP contribution in [0.1, 0.15) is 77.9 Å². The summed E-state index contributed by atoms with van der Waals surface area (Å²) in [7, 11) is 0. The van der Waals surface area contributed by atoms with Crippen LogP contribution in [0.5, 0.6) is 0 Å². The van der Waals surface area contributed by atoms with E-state index in [1.54, 1.807) is 0 Å². The Bertz CT molecular complexity index is 477. The van der Waals surface area contributed by atoms with Gasteiger partial charge in [0.25, 0.3) is 0 Å². The normalized spacial score (nSPS) is 23.5. The molecule has 0 unspecified atom stereocenters. The first-order valence-electron chi connectivity index (χ1n) is 8.13. The quantitative estimate of drug-likeness (QED) is 0.836. The van der Waals surface area contributed by atoms with Crippen molar-refractivity contribution < 1.29 is 9.32 Å². The van der Waals surface area contributed by atoms with Crippen LogP contribution < -0.4 is 0 Å². The van der Waals surface area contributed by atoms with Gasteiger partial charge in [-0.1, -0.05) is 39.8 Å². The van der Waals surface area contributed by atoms with Crippen LogP contribution in [0.25, 0.3) is 0 Å². The van der Waals surface area contributed by atoms with Crippen LogP contribution in [0.3, 0.4) is 0 Å². The Balaban J connectivity index is 1.93. The zero-order chi connectivity index (χ0) is 15.6. The Hall–Kier alpha value is -1.19. The summed E-state index contributed by atoms with van der Waals surface area (Å²) >= 11 is 0. The Morgan fingerprint density at radius 2 is 1.86 bits per heavy atom. The molecule has 4 nitrogen and oxygen atoms in total. The maximum Gasteiger partial charge on any atom is 0.234 e. The van der Waals surface area contributed by atoms with Gasteiger partial charge in [-0.05, 0) is 37.5 Å². The highest BCUT2D eigenvalue weighted by Gasteiger charge is 2.28. The van der Waals surface area contributed by atoms with Crippen molar-refractivity contribution in [2.24, 2.45) is 17.3 Å². The first-order valence-corrected chi connectivity index (χ1v) is 8.13. The first kappa shape index (κ1) is 16.2. The fraction of sp³-hybridized carbons (Fsp3) is 0.824. The number of hydrogen-bond acceptors (Lipinski definition) is 4. The second-order valence-electron chi connectivity index (χ2n) is 7.75. The van der Waals surface area contributed by atoms with E-state index in [-0.39, 0.29) is 17.6 Å². The van der Waals surface area contributed by atoms with Crippen LogP contribution >= 0.6 is 0 Å². The van der Waals surface area contributed by atoms with Crippen LogP contribution in [0.4, 0.5) is 0 Å². The van der Waals surface area contributed by atoms with Gasteiger partial charge in [0.1, 0.15) is 5.78 Å². The van der Waals surface area contributed by atoms with Crippen molar-refractivity contribution in [1.82, 2.24) is 10.1 Å². The van der Waals surface area contributed by atoms with Crippen LogP contribution in [-0.4, -0.2) is 15.9 Å². The highest BCUT2D eigenvalue weighted by Crippen LogP contribution is 2.37. The predicted molar refractivity (Wildman–Crippen MR) is 82.0 cm³/mol. The summed E-state index contributed by atoms with van der Waals surface area (Å²) in [6, 6.07) is 0. The Labute approximate surface area is 127 Å². The number of carbonyl (C=O) groups excluding carboxylic acids is 1. The van der Waals surface area contributed by atoms with Gasteiger partial charge in [-0.15, -0.1) is 0 Å². The van der Waals surface area contributed by atoms with Gasteiger partial charge in [0.15, 0.2) is 5.82 Å². The number of carbonyl (C=O) groups is 1. The minimum absolute atomic E-state index is 0.140. The molecule has 0 N–H and O–H groups in total. The van der Waals surface area contributed by atoms with Crippen molar-refractivity contribution in [3.8, 4) is 0 Å². The molecule has 1 aromatic heterocycles. The largest absolute Gasteiger partial charge is 0.339 e. The molecule has 0 amide bonds. The van der Waals surface area contributed by atoms with Crippen LogP contribution in [0.15, 0.2) is 4.52 Å². The molecule has 1 heterocycles. The Kier molecular flexibility index (Phi) is 4.84. The molecule has 0 atom stereocenters. The highest BCUT2D eigenvalue weighted by atomic mass is 16.5. The van der Waals surface area contributed by atoms with Crippen molar-refractivity contribution in [2.75, 3.05) is 0 Å². The smallest absolute Gasteiger partial charge is 0.234 e. The molecule has 1 saturated carbocycles. The molecular weight excluding hydrogens is 264 g/mol. The molecule has 1 aliphatic rings. The molecule has 0 spiro atoms. The third-order valence-corrected chi connectivity index (χ3v) is 4.71. The number of rotatable bonds is 4. The van der Waals surface area contributed by atoms with E-state index in [9.17, 15) is 4.79 Å². The third kappa shape index (κ3) is 4.14. The molecule has 0 saturated heterocycles. The second kappa shape index (κ2) is 6.29. The minimum Gasteiger partial charge on any atom is -0.339 e. The lowest BCUT2D eigenvalue weighted by atomic mass is 9.77. The van der Waals surface area contributed by atoms with Gasteiger partial charge < -0.3 is 4.52 Å². The summed E-state index contributed by atoms with van der Waals surface area (Å²) in [4.78, 5) is 16.5. The molecule has 21 heavy (non-hydrogen) atoms. The van der Waals surface area contributed by atoms with E-state index >= 15 is 0 Å². The van der Waals surface area contributed by atoms with E-state index in [1.807, 2.05) is 20.8 Å². The number of aromatic nitrogens is 2. The molecule has 2 rings (SSSR count). The lowest BCUT2D eigenvalue weighted by Gasteiger charge is -2.29. The van der Waals surface area contributed by atoms with Crippen molar-refractivity contribution in [2.45, 2.75) is 72.6 Å². The van der Waals surface area contributed by atoms with Gasteiger partial charge in [-0.3, -0.25) is 4.79 Å². The van der Waals surface area contributed by atoms with E-state index in [1.165, 1.54) is 12.8 Å². The Morgan fingerprint density at radius 1 is 1.24 bits per heavy atom. The average molecular weight is 292 g/mol. The van der Waals surface area contributed by atoms with Crippen molar-refractivity contribution in [3.05, 3.63) is 11.7 Å². The molecule has 0 bridgehead atoms. The SMILES string of the molecule is CC(C)C1CCC(c2noc(CC(=O)C(C)(C)C)n2)CC1. The van der Waals surface area contributed by atoms with Gasteiger partial charge in [0, 0.05) is 11.3 Å². The van der Waals surface area contributed by atoms with E-state index in [2.05, 4.69) is 24.0 Å². The zero-order valence-electron chi connectivity index (χ0n) is 14.0. The van der Waals surface area contributed by atoms with Gasteiger partial charge in [0.2, 0.25) is 5.89 Å². The van der Waals surface area contributed by atoms with E-state index in [4.69, 9.17) is 4.52 Å². The average Bonchev–Trinajstić information content (AvgIpc) is 2.86. The second-order valence-corrected chi connectivity index (χ2v) is 7.75. The maximum absolute atomic E-state index is 12.0. The van der Waals surface area contributed by atoms with Gasteiger partial charge >= 0.3 is 0 Å². The molecule has 0 aromatic carbocycles. The highest BCUT2D eigenvalue weighted by molar-refractivity contribution is 5.84. The van der Waals surface area contributed by atoms with Crippen LogP contribution in [0, 0.1) is 17.3 Å². The lowest BCUT2D eigenvalue weighted by molar-refractivity contribution is -0.125. The molecule has 1 aromatic rings. The van der Waals surface area contributed by atoms with E-state index < -0.39 is 0 Å². The van der Waals surface area contributed by atoms with Crippen molar-refractivity contribution >= 4 is 5.78 Å². The minimum atomic E-state index is -0.357. The summed E-state index contributed by atoms with van der Waals surface area (Å²) in [5.41, 5.74) is -0.357. The number of nitrogens with zero attached hydrogens (tertiary/aromatic N) is 2. The lowest BCUT2D eigenvalue weighted by Crippen LogP contribution is -2.22. The monoisotopic (exact) mass is 292 g/mol. The van der Waals surface area contributed by atoms with Gasteiger partial charge in [0.05, 0.1) is 6.42 Å². The first-order chi connectivity index (χ1) is 9.77. The number of hydrogen-bond donors (Lipinski definition) is 0. The fourth-order valence-electron chi connectivity index (χ4n) is 2.95. The summed E-state index contributed by atoms with van der Waals surface area (Å²) in [6.07, 6.45) is 5.00. The molecule has 1 fully saturated rings. The van der Waals surface area contributed by atoms with Gasteiger partial charge in [-0.25, -0.2) is 0 Å². The summed E-state index contributed by atoms with van der Waals surface area (Å²) < 4.78 is 5.28. The van der Waals surface area contributed by atoms with E-state index in [0.717, 1.165) is 30.5 Å². The summed E-state index contributed by atoms with van der Waals surface area (Å²) in [5, 5.41) is 4.11. The topological polar surface area (TPSA) is 56.0 Å².